The summed E-state index contributed by atoms with van der Waals surface area (Å²) in [7, 11) is 0. The molecule has 30 heavy (non-hydrogen) atoms. The Morgan fingerprint density at radius 3 is 3.00 bits per heavy atom. The molecule has 2 atom stereocenters. The number of phenols is 1. The Morgan fingerprint density at radius 2 is 2.17 bits per heavy atom. The number of aromatic nitrogens is 2. The molecule has 1 aliphatic heterocycles. The van der Waals surface area contributed by atoms with Crippen LogP contribution in [0.15, 0.2) is 48.8 Å². The number of aromatic hydroxyl groups is 1. The number of amides is 1. The molecular formula is C23H22N4O3. The first-order valence-electron chi connectivity index (χ1n) is 10.2. The van der Waals surface area contributed by atoms with E-state index >= 15 is 0 Å². The second-order valence-corrected chi connectivity index (χ2v) is 8.30. The predicted octanol–water partition coefficient (Wildman–Crippen LogP) is 4.20. The smallest absolute Gasteiger partial charge is 0.415 e. The molecule has 2 aromatic carbocycles. The topological polar surface area (TPSA) is 91.4 Å². The van der Waals surface area contributed by atoms with Crippen LogP contribution in [-0.2, 0) is 11.3 Å². The van der Waals surface area contributed by atoms with Crippen molar-refractivity contribution in [3.63, 3.8) is 0 Å². The summed E-state index contributed by atoms with van der Waals surface area (Å²) in [6.45, 7) is 1.21. The van der Waals surface area contributed by atoms with Crippen LogP contribution in [0, 0.1) is 17.2 Å². The molecule has 2 heterocycles. The lowest BCUT2D eigenvalue weighted by molar-refractivity contribution is 0.00439. The number of hydrogen-bond donors (Lipinski definition) is 1. The van der Waals surface area contributed by atoms with E-state index in [1.807, 2.05) is 18.5 Å². The maximum absolute atomic E-state index is 12.6. The average molecular weight is 402 g/mol. The molecule has 0 radical (unpaired) electrons. The third kappa shape index (κ3) is 3.14. The molecule has 1 unspecified atom stereocenters. The van der Waals surface area contributed by atoms with Crippen molar-refractivity contribution in [2.75, 3.05) is 11.4 Å². The first-order chi connectivity index (χ1) is 14.6. The van der Waals surface area contributed by atoms with Crippen molar-refractivity contribution >= 4 is 22.8 Å². The van der Waals surface area contributed by atoms with E-state index in [-0.39, 0.29) is 5.75 Å². The van der Waals surface area contributed by atoms with Crippen molar-refractivity contribution in [1.82, 2.24) is 9.55 Å². The molecule has 1 aliphatic carbocycles. The van der Waals surface area contributed by atoms with Gasteiger partial charge >= 0.3 is 6.09 Å². The third-order valence-corrected chi connectivity index (χ3v) is 6.25. The van der Waals surface area contributed by atoms with Crippen molar-refractivity contribution in [2.45, 2.75) is 37.8 Å². The van der Waals surface area contributed by atoms with E-state index in [0.29, 0.717) is 23.7 Å². The van der Waals surface area contributed by atoms with Gasteiger partial charge in [0.25, 0.3) is 0 Å². The van der Waals surface area contributed by atoms with Crippen LogP contribution in [0.3, 0.4) is 0 Å². The van der Waals surface area contributed by atoms with Gasteiger partial charge in [0.1, 0.15) is 11.4 Å². The van der Waals surface area contributed by atoms with E-state index in [1.54, 1.807) is 35.2 Å². The van der Waals surface area contributed by atoms with Gasteiger partial charge in [0, 0.05) is 6.54 Å². The minimum atomic E-state index is -0.531. The SMILES string of the molecule is N#Cc1ccc2ncn(CC3CCC[C@]4(C3)CN(c3ccccc3O)C(=O)O4)c2c1. The summed E-state index contributed by atoms with van der Waals surface area (Å²) < 4.78 is 7.99. The minimum Gasteiger partial charge on any atom is -0.506 e. The zero-order valence-corrected chi connectivity index (χ0v) is 16.5. The molecule has 1 saturated carbocycles. The fourth-order valence-corrected chi connectivity index (χ4v) is 4.89. The molecule has 7 heteroatoms. The number of rotatable bonds is 3. The summed E-state index contributed by atoms with van der Waals surface area (Å²) in [6.07, 6.45) is 5.03. The van der Waals surface area contributed by atoms with Crippen LogP contribution in [0.25, 0.3) is 11.0 Å². The van der Waals surface area contributed by atoms with Gasteiger partial charge in [0.15, 0.2) is 0 Å². The number of nitriles is 1. The number of anilines is 1. The summed E-state index contributed by atoms with van der Waals surface area (Å²) in [6, 6.07) is 14.6. The molecule has 3 aromatic rings. The number of imidazole rings is 1. The molecule has 1 spiro atoms. The Kier molecular flexibility index (Phi) is 4.35. The molecule has 7 nitrogen and oxygen atoms in total. The van der Waals surface area contributed by atoms with Crippen LogP contribution in [0.5, 0.6) is 5.75 Å². The van der Waals surface area contributed by atoms with Crippen molar-refractivity contribution in [3.05, 3.63) is 54.4 Å². The normalized spacial score (nSPS) is 23.6. The number of benzene rings is 2. The molecule has 1 aromatic heterocycles. The van der Waals surface area contributed by atoms with Crippen LogP contribution >= 0.6 is 0 Å². The minimum absolute atomic E-state index is 0.0806. The largest absolute Gasteiger partial charge is 0.506 e. The first kappa shape index (κ1) is 18.5. The van der Waals surface area contributed by atoms with E-state index in [2.05, 4.69) is 15.6 Å². The highest BCUT2D eigenvalue weighted by Gasteiger charge is 2.48. The van der Waals surface area contributed by atoms with E-state index in [4.69, 9.17) is 4.74 Å². The number of nitrogens with zero attached hydrogens (tertiary/aromatic N) is 4. The van der Waals surface area contributed by atoms with Gasteiger partial charge in [0.2, 0.25) is 0 Å². The molecule has 0 bridgehead atoms. The molecular weight excluding hydrogens is 380 g/mol. The fraction of sp³-hybridized carbons (Fsp3) is 0.348. The number of phenolic OH excluding ortho intramolecular Hbond substituents is 1. The highest BCUT2D eigenvalue weighted by molar-refractivity contribution is 5.92. The Balaban J connectivity index is 1.36. The van der Waals surface area contributed by atoms with Gasteiger partial charge in [-0.1, -0.05) is 12.1 Å². The van der Waals surface area contributed by atoms with Gasteiger partial charge < -0.3 is 14.4 Å². The maximum Gasteiger partial charge on any atom is 0.415 e. The maximum atomic E-state index is 12.6. The number of carbonyl (C=O) groups is 1. The van der Waals surface area contributed by atoms with Gasteiger partial charge in [-0.2, -0.15) is 5.26 Å². The van der Waals surface area contributed by atoms with Gasteiger partial charge in [0.05, 0.1) is 41.2 Å². The zero-order chi connectivity index (χ0) is 20.7. The monoisotopic (exact) mass is 402 g/mol. The molecule has 2 aliphatic rings. The summed E-state index contributed by atoms with van der Waals surface area (Å²) >= 11 is 0. The number of fused-ring (bicyclic) bond motifs is 1. The number of para-hydroxylation sites is 2. The number of ether oxygens (including phenoxy) is 1. The van der Waals surface area contributed by atoms with Crippen molar-refractivity contribution < 1.29 is 14.6 Å². The molecule has 5 rings (SSSR count). The van der Waals surface area contributed by atoms with Crippen LogP contribution in [0.2, 0.25) is 0 Å². The molecule has 1 saturated heterocycles. The van der Waals surface area contributed by atoms with Crippen molar-refractivity contribution in [2.24, 2.45) is 5.92 Å². The second-order valence-electron chi connectivity index (χ2n) is 8.30. The molecule has 152 valence electrons. The van der Waals surface area contributed by atoms with Gasteiger partial charge in [-0.15, -0.1) is 0 Å². The highest BCUT2D eigenvalue weighted by Crippen LogP contribution is 2.43. The predicted molar refractivity (Wildman–Crippen MR) is 111 cm³/mol. The lowest BCUT2D eigenvalue weighted by atomic mass is 9.78. The summed E-state index contributed by atoms with van der Waals surface area (Å²) in [4.78, 5) is 18.6. The molecule has 1 amide bonds. The lowest BCUT2D eigenvalue weighted by Crippen LogP contribution is -2.40. The Bertz CT molecular complexity index is 1160. The summed E-state index contributed by atoms with van der Waals surface area (Å²) in [5.74, 6) is 0.413. The van der Waals surface area contributed by atoms with Gasteiger partial charge in [-0.3, -0.25) is 4.90 Å². The van der Waals surface area contributed by atoms with E-state index < -0.39 is 11.7 Å². The standard InChI is InChI=1S/C23H22N4O3/c24-12-16-7-8-18-20(10-16)26(15-25-18)13-17-4-3-9-23(11-17)14-27(22(29)30-23)19-5-1-2-6-21(19)28/h1-2,5-8,10,15,17,28H,3-4,9,11,13-14H2/t17?,23-/m0/s1. The lowest BCUT2D eigenvalue weighted by Gasteiger charge is -2.36. The number of hydrogen-bond acceptors (Lipinski definition) is 5. The van der Waals surface area contributed by atoms with E-state index in [1.165, 1.54) is 0 Å². The Morgan fingerprint density at radius 1 is 1.30 bits per heavy atom. The average Bonchev–Trinajstić information content (AvgIpc) is 3.28. The van der Waals surface area contributed by atoms with Gasteiger partial charge in [-0.05, 0) is 61.9 Å². The van der Waals surface area contributed by atoms with Crippen LogP contribution < -0.4 is 4.90 Å². The third-order valence-electron chi connectivity index (χ3n) is 6.25. The zero-order valence-electron chi connectivity index (χ0n) is 16.5. The van der Waals surface area contributed by atoms with Crippen LogP contribution in [-0.4, -0.2) is 32.9 Å². The number of carbonyl (C=O) groups excluding carboxylic acids is 1. The van der Waals surface area contributed by atoms with Crippen LogP contribution in [0.1, 0.15) is 31.2 Å². The Labute approximate surface area is 174 Å². The van der Waals surface area contributed by atoms with Crippen molar-refractivity contribution in [3.8, 4) is 11.8 Å². The van der Waals surface area contributed by atoms with Gasteiger partial charge in [-0.25, -0.2) is 9.78 Å². The van der Waals surface area contributed by atoms with Crippen LogP contribution in [0.4, 0.5) is 10.5 Å². The quantitative estimate of drug-likeness (QED) is 0.709. The summed E-state index contributed by atoms with van der Waals surface area (Å²) in [5, 5.41) is 19.4. The first-order valence-corrected chi connectivity index (χ1v) is 10.2. The Hall–Kier alpha value is -3.53. The van der Waals surface area contributed by atoms with E-state index in [0.717, 1.165) is 43.3 Å². The summed E-state index contributed by atoms with van der Waals surface area (Å²) in [5.41, 5.74) is 2.40. The molecule has 1 N–H and O–H groups in total. The molecule has 2 fully saturated rings. The van der Waals surface area contributed by atoms with Crippen molar-refractivity contribution in [1.29, 1.82) is 5.26 Å². The fourth-order valence-electron chi connectivity index (χ4n) is 4.89. The second kappa shape index (κ2) is 7.06. The van der Waals surface area contributed by atoms with E-state index in [9.17, 15) is 15.2 Å². The highest BCUT2D eigenvalue weighted by atomic mass is 16.6.